The van der Waals surface area contributed by atoms with E-state index < -0.39 is 5.78 Å². The first kappa shape index (κ1) is 6.54. The standard InChI is InChI=1S/C6H5NO3/c8-4-6(9)5-2-1-3-7(5)10/h1-4,10H. The number of aldehydes is 1. The van der Waals surface area contributed by atoms with Crippen molar-refractivity contribution in [2.24, 2.45) is 0 Å². The first-order chi connectivity index (χ1) is 4.75. The first-order valence-corrected chi connectivity index (χ1v) is 2.62. The summed E-state index contributed by atoms with van der Waals surface area (Å²) in [6, 6.07) is 2.83. The molecule has 0 aliphatic heterocycles. The van der Waals surface area contributed by atoms with Crippen molar-refractivity contribution in [3.05, 3.63) is 24.0 Å². The molecule has 0 saturated carbocycles. The van der Waals surface area contributed by atoms with Gasteiger partial charge >= 0.3 is 0 Å². The third-order valence-corrected chi connectivity index (χ3v) is 1.09. The molecule has 1 rings (SSSR count). The molecular weight excluding hydrogens is 134 g/mol. The zero-order valence-electron chi connectivity index (χ0n) is 5.02. The first-order valence-electron chi connectivity index (χ1n) is 2.62. The lowest BCUT2D eigenvalue weighted by Gasteiger charge is -1.92. The molecule has 1 aromatic heterocycles. The Kier molecular flexibility index (Phi) is 1.53. The topological polar surface area (TPSA) is 59.3 Å². The van der Waals surface area contributed by atoms with Gasteiger partial charge in [-0.3, -0.25) is 9.59 Å². The Balaban J connectivity index is 3.04. The molecule has 0 aliphatic carbocycles. The molecule has 0 spiro atoms. The van der Waals surface area contributed by atoms with Crippen LogP contribution in [0.4, 0.5) is 0 Å². The second-order valence-electron chi connectivity index (χ2n) is 1.72. The molecule has 1 aromatic rings. The molecule has 52 valence electrons. The summed E-state index contributed by atoms with van der Waals surface area (Å²) in [6.45, 7) is 0. The predicted molar refractivity (Wildman–Crippen MR) is 32.0 cm³/mol. The number of rotatable bonds is 2. The highest BCUT2D eigenvalue weighted by molar-refractivity contribution is 6.32. The largest absolute Gasteiger partial charge is 0.428 e. The molecular formula is C6H5NO3. The normalized spacial score (nSPS) is 9.20. The van der Waals surface area contributed by atoms with Gasteiger partial charge in [0.1, 0.15) is 5.69 Å². The lowest BCUT2D eigenvalue weighted by molar-refractivity contribution is -0.104. The summed E-state index contributed by atoms with van der Waals surface area (Å²) < 4.78 is 0.608. The molecule has 4 nitrogen and oxygen atoms in total. The van der Waals surface area contributed by atoms with E-state index >= 15 is 0 Å². The van der Waals surface area contributed by atoms with Crippen LogP contribution >= 0.6 is 0 Å². The fourth-order valence-electron chi connectivity index (χ4n) is 0.628. The van der Waals surface area contributed by atoms with E-state index in [1.165, 1.54) is 18.3 Å². The average molecular weight is 139 g/mol. The van der Waals surface area contributed by atoms with Gasteiger partial charge in [-0.1, -0.05) is 0 Å². The summed E-state index contributed by atoms with van der Waals surface area (Å²) in [4.78, 5) is 20.4. The molecule has 0 saturated heterocycles. The molecule has 0 aromatic carbocycles. The van der Waals surface area contributed by atoms with Crippen LogP contribution in [0.3, 0.4) is 0 Å². The third-order valence-electron chi connectivity index (χ3n) is 1.09. The zero-order valence-corrected chi connectivity index (χ0v) is 5.02. The van der Waals surface area contributed by atoms with Gasteiger partial charge in [-0.25, -0.2) is 0 Å². The van der Waals surface area contributed by atoms with Gasteiger partial charge in [-0.15, -0.1) is 0 Å². The van der Waals surface area contributed by atoms with Crippen LogP contribution < -0.4 is 0 Å². The Hall–Kier alpha value is -1.58. The molecule has 1 heterocycles. The van der Waals surface area contributed by atoms with Crippen molar-refractivity contribution in [2.45, 2.75) is 0 Å². The molecule has 0 radical (unpaired) electrons. The Morgan fingerprint density at radius 3 is 2.80 bits per heavy atom. The number of hydrogen-bond donors (Lipinski definition) is 1. The van der Waals surface area contributed by atoms with Gasteiger partial charge in [-0.2, -0.15) is 4.73 Å². The van der Waals surface area contributed by atoms with Crippen molar-refractivity contribution < 1.29 is 14.8 Å². The van der Waals surface area contributed by atoms with Gasteiger partial charge < -0.3 is 5.21 Å². The molecule has 1 N–H and O–H groups in total. The van der Waals surface area contributed by atoms with Crippen molar-refractivity contribution in [1.29, 1.82) is 0 Å². The molecule has 0 unspecified atom stereocenters. The van der Waals surface area contributed by atoms with E-state index in [0.29, 0.717) is 4.73 Å². The molecule has 10 heavy (non-hydrogen) atoms. The SMILES string of the molecule is O=CC(=O)c1cccn1O. The molecule has 0 atom stereocenters. The van der Waals surface area contributed by atoms with Gasteiger partial charge in [0.25, 0.3) is 0 Å². The second kappa shape index (κ2) is 2.34. The number of hydrogen-bond acceptors (Lipinski definition) is 3. The smallest absolute Gasteiger partial charge is 0.245 e. The van der Waals surface area contributed by atoms with Crippen LogP contribution in [0, 0.1) is 0 Å². The van der Waals surface area contributed by atoms with Gasteiger partial charge in [-0.05, 0) is 12.1 Å². The lowest BCUT2D eigenvalue weighted by Crippen LogP contribution is -2.06. The van der Waals surface area contributed by atoms with Crippen LogP contribution in [0.1, 0.15) is 10.5 Å². The lowest BCUT2D eigenvalue weighted by atomic mass is 10.3. The van der Waals surface area contributed by atoms with E-state index in [2.05, 4.69) is 0 Å². The highest BCUT2D eigenvalue weighted by Gasteiger charge is 2.07. The van der Waals surface area contributed by atoms with Crippen molar-refractivity contribution in [3.8, 4) is 0 Å². The van der Waals surface area contributed by atoms with E-state index in [1.54, 1.807) is 0 Å². The summed E-state index contributed by atoms with van der Waals surface area (Å²) >= 11 is 0. The summed E-state index contributed by atoms with van der Waals surface area (Å²) in [6.07, 6.45) is 1.43. The van der Waals surface area contributed by atoms with E-state index in [9.17, 15) is 9.59 Å². The van der Waals surface area contributed by atoms with Crippen LogP contribution in [0.2, 0.25) is 0 Å². The van der Waals surface area contributed by atoms with Crippen LogP contribution in [0.15, 0.2) is 18.3 Å². The minimum Gasteiger partial charge on any atom is -0.428 e. The Labute approximate surface area is 56.7 Å². The van der Waals surface area contributed by atoms with Gasteiger partial charge in [0.2, 0.25) is 5.78 Å². The van der Waals surface area contributed by atoms with Crippen molar-refractivity contribution in [3.63, 3.8) is 0 Å². The highest BCUT2D eigenvalue weighted by Crippen LogP contribution is 1.97. The molecule has 0 fully saturated rings. The summed E-state index contributed by atoms with van der Waals surface area (Å²) in [5.41, 5.74) is -0.0185. The van der Waals surface area contributed by atoms with E-state index in [-0.39, 0.29) is 12.0 Å². The summed E-state index contributed by atoms with van der Waals surface area (Å²) in [5, 5.41) is 8.79. The number of ketones is 1. The predicted octanol–water partition coefficient (Wildman–Crippen LogP) is 0.107. The maximum Gasteiger partial charge on any atom is 0.245 e. The number of nitrogens with zero attached hydrogens (tertiary/aromatic N) is 1. The van der Waals surface area contributed by atoms with Gasteiger partial charge in [0.05, 0.1) is 0 Å². The highest BCUT2D eigenvalue weighted by atomic mass is 16.5. The maximum absolute atomic E-state index is 10.5. The average Bonchev–Trinajstić information content (AvgIpc) is 2.34. The Bertz CT molecular complexity index is 264. The minimum absolute atomic E-state index is 0.0185. The van der Waals surface area contributed by atoms with Crippen molar-refractivity contribution >= 4 is 12.1 Å². The number of Topliss-reactive ketones (excluding diaryl/α,β-unsaturated/α-hetero) is 1. The minimum atomic E-state index is -0.729. The quantitative estimate of drug-likeness (QED) is 0.274. The van der Waals surface area contributed by atoms with Crippen molar-refractivity contribution in [2.75, 3.05) is 0 Å². The molecule has 4 heteroatoms. The summed E-state index contributed by atoms with van der Waals surface area (Å²) in [7, 11) is 0. The molecule has 0 aliphatic rings. The van der Waals surface area contributed by atoms with Gasteiger partial charge in [0, 0.05) is 6.20 Å². The Morgan fingerprint density at radius 2 is 2.40 bits per heavy atom. The fraction of sp³-hybridized carbons (Fsp3) is 0. The Morgan fingerprint density at radius 1 is 1.70 bits per heavy atom. The summed E-state index contributed by atoms with van der Waals surface area (Å²) in [5.74, 6) is -0.729. The molecule has 0 bridgehead atoms. The van der Waals surface area contributed by atoms with Crippen LogP contribution in [-0.2, 0) is 4.79 Å². The monoisotopic (exact) mass is 139 g/mol. The number of aromatic nitrogens is 1. The van der Waals surface area contributed by atoms with Crippen molar-refractivity contribution in [1.82, 2.24) is 4.73 Å². The number of carbonyl (C=O) groups excluding carboxylic acids is 2. The molecule has 0 amide bonds. The van der Waals surface area contributed by atoms with Crippen LogP contribution in [0.5, 0.6) is 0 Å². The van der Waals surface area contributed by atoms with E-state index in [0.717, 1.165) is 0 Å². The zero-order chi connectivity index (χ0) is 7.56. The van der Waals surface area contributed by atoms with E-state index in [1.807, 2.05) is 0 Å². The number of carbonyl (C=O) groups is 2. The van der Waals surface area contributed by atoms with Gasteiger partial charge in [0.15, 0.2) is 6.29 Å². The van der Waals surface area contributed by atoms with Crippen LogP contribution in [0.25, 0.3) is 0 Å². The third kappa shape index (κ3) is 0.907. The second-order valence-corrected chi connectivity index (χ2v) is 1.72. The van der Waals surface area contributed by atoms with E-state index in [4.69, 9.17) is 5.21 Å². The fourth-order valence-corrected chi connectivity index (χ4v) is 0.628. The maximum atomic E-state index is 10.5. The van der Waals surface area contributed by atoms with Crippen LogP contribution in [-0.4, -0.2) is 22.0 Å².